The summed E-state index contributed by atoms with van der Waals surface area (Å²) in [6, 6.07) is 8.01. The second kappa shape index (κ2) is 9.16. The monoisotopic (exact) mass is 383 g/mol. The molecular weight excluding hydrogens is 358 g/mol. The normalized spacial score (nSPS) is 13.9. The molecular formula is C20H25N5O3. The number of aryl methyl sites for hydroxylation is 1. The van der Waals surface area contributed by atoms with Crippen molar-refractivity contribution in [1.29, 1.82) is 0 Å². The number of amides is 2. The summed E-state index contributed by atoms with van der Waals surface area (Å²) in [6.07, 6.45) is 2.78. The maximum atomic E-state index is 12.3. The molecule has 2 amide bonds. The van der Waals surface area contributed by atoms with Crippen molar-refractivity contribution in [2.75, 3.05) is 37.7 Å². The van der Waals surface area contributed by atoms with E-state index in [0.717, 1.165) is 5.56 Å². The lowest BCUT2D eigenvalue weighted by Gasteiger charge is -2.33. The van der Waals surface area contributed by atoms with Gasteiger partial charge in [0.15, 0.2) is 0 Å². The highest BCUT2D eigenvalue weighted by Crippen LogP contribution is 2.12. The molecule has 1 N–H and O–H groups in total. The standard InChI is InChI=1S/C20H25N5O3/c1-3-28-20(27)25-10-8-24(9-11-25)19-22-13-17(14-23-19)18(26)21-12-16-6-4-15(2)5-7-16/h4-7,13-14H,3,8-12H2,1-2H3,(H,21,26). The number of carbonyl (C=O) groups excluding carboxylic acids is 2. The Kier molecular flexibility index (Phi) is 6.41. The minimum atomic E-state index is -0.288. The highest BCUT2D eigenvalue weighted by Gasteiger charge is 2.23. The minimum Gasteiger partial charge on any atom is -0.450 e. The third kappa shape index (κ3) is 4.97. The summed E-state index contributed by atoms with van der Waals surface area (Å²) in [4.78, 5) is 36.3. The third-order valence-electron chi connectivity index (χ3n) is 4.56. The molecule has 1 aliphatic heterocycles. The van der Waals surface area contributed by atoms with E-state index in [4.69, 9.17) is 4.74 Å². The van der Waals surface area contributed by atoms with Crippen molar-refractivity contribution >= 4 is 17.9 Å². The van der Waals surface area contributed by atoms with Crippen LogP contribution in [0.15, 0.2) is 36.7 Å². The minimum absolute atomic E-state index is 0.209. The van der Waals surface area contributed by atoms with Gasteiger partial charge in [-0.15, -0.1) is 0 Å². The average molecular weight is 383 g/mol. The molecule has 0 radical (unpaired) electrons. The number of ether oxygens (including phenoxy) is 1. The van der Waals surface area contributed by atoms with E-state index < -0.39 is 0 Å². The highest BCUT2D eigenvalue weighted by atomic mass is 16.6. The van der Waals surface area contributed by atoms with Crippen molar-refractivity contribution in [2.45, 2.75) is 20.4 Å². The Morgan fingerprint density at radius 1 is 1.07 bits per heavy atom. The van der Waals surface area contributed by atoms with Crippen molar-refractivity contribution in [1.82, 2.24) is 20.2 Å². The molecule has 1 saturated heterocycles. The van der Waals surface area contributed by atoms with Crippen LogP contribution in [0.25, 0.3) is 0 Å². The molecule has 28 heavy (non-hydrogen) atoms. The van der Waals surface area contributed by atoms with Gasteiger partial charge in [-0.2, -0.15) is 0 Å². The summed E-state index contributed by atoms with van der Waals surface area (Å²) in [5, 5.41) is 2.87. The van der Waals surface area contributed by atoms with Gasteiger partial charge in [-0.3, -0.25) is 4.79 Å². The zero-order chi connectivity index (χ0) is 19.9. The molecule has 1 aromatic heterocycles. The number of hydrogen-bond acceptors (Lipinski definition) is 6. The van der Waals surface area contributed by atoms with Crippen LogP contribution in [0, 0.1) is 6.92 Å². The highest BCUT2D eigenvalue weighted by molar-refractivity contribution is 5.93. The fourth-order valence-corrected chi connectivity index (χ4v) is 2.90. The van der Waals surface area contributed by atoms with Crippen molar-refractivity contribution in [3.8, 4) is 0 Å². The molecule has 0 atom stereocenters. The van der Waals surface area contributed by atoms with Crippen LogP contribution in [0.2, 0.25) is 0 Å². The smallest absolute Gasteiger partial charge is 0.409 e. The SMILES string of the molecule is CCOC(=O)N1CCN(c2ncc(C(=O)NCc3ccc(C)cc3)cn2)CC1. The van der Waals surface area contributed by atoms with Crippen LogP contribution in [0.5, 0.6) is 0 Å². The molecule has 0 aliphatic carbocycles. The van der Waals surface area contributed by atoms with Gasteiger partial charge < -0.3 is 19.9 Å². The fourth-order valence-electron chi connectivity index (χ4n) is 2.90. The Bertz CT molecular complexity index is 800. The molecule has 2 heterocycles. The summed E-state index contributed by atoms with van der Waals surface area (Å²) < 4.78 is 5.02. The van der Waals surface area contributed by atoms with Gasteiger partial charge in [0.2, 0.25) is 5.95 Å². The van der Waals surface area contributed by atoms with Crippen LogP contribution in [-0.4, -0.2) is 59.7 Å². The Hall–Kier alpha value is -3.16. The van der Waals surface area contributed by atoms with E-state index in [2.05, 4.69) is 15.3 Å². The fraction of sp³-hybridized carbons (Fsp3) is 0.400. The number of carbonyl (C=O) groups is 2. The van der Waals surface area contributed by atoms with Crippen LogP contribution in [0.3, 0.4) is 0 Å². The summed E-state index contributed by atoms with van der Waals surface area (Å²) in [6.45, 7) is 7.00. The van der Waals surface area contributed by atoms with E-state index in [1.54, 1.807) is 11.8 Å². The van der Waals surface area contributed by atoms with Crippen molar-refractivity contribution in [2.24, 2.45) is 0 Å². The number of piperazine rings is 1. The molecule has 0 unspecified atom stereocenters. The number of anilines is 1. The van der Waals surface area contributed by atoms with E-state index in [1.807, 2.05) is 36.1 Å². The van der Waals surface area contributed by atoms with Gasteiger partial charge in [-0.1, -0.05) is 29.8 Å². The van der Waals surface area contributed by atoms with Crippen molar-refractivity contribution in [3.63, 3.8) is 0 Å². The van der Waals surface area contributed by atoms with Crippen LogP contribution < -0.4 is 10.2 Å². The lowest BCUT2D eigenvalue weighted by atomic mass is 10.1. The number of aromatic nitrogens is 2. The number of nitrogens with one attached hydrogen (secondary N) is 1. The number of hydrogen-bond donors (Lipinski definition) is 1. The predicted octanol–water partition coefficient (Wildman–Crippen LogP) is 1.99. The topological polar surface area (TPSA) is 87.7 Å². The molecule has 0 bridgehead atoms. The second-order valence-corrected chi connectivity index (χ2v) is 6.61. The van der Waals surface area contributed by atoms with Gasteiger partial charge in [0, 0.05) is 45.1 Å². The van der Waals surface area contributed by atoms with E-state index in [0.29, 0.717) is 50.8 Å². The van der Waals surface area contributed by atoms with E-state index >= 15 is 0 Å². The Labute approximate surface area is 164 Å². The van der Waals surface area contributed by atoms with Crippen molar-refractivity contribution < 1.29 is 14.3 Å². The molecule has 1 aromatic carbocycles. The maximum absolute atomic E-state index is 12.3. The zero-order valence-electron chi connectivity index (χ0n) is 16.2. The number of benzene rings is 1. The first-order chi connectivity index (χ1) is 13.6. The molecule has 1 aliphatic rings. The first-order valence-electron chi connectivity index (χ1n) is 9.39. The predicted molar refractivity (Wildman–Crippen MR) is 105 cm³/mol. The summed E-state index contributed by atoms with van der Waals surface area (Å²) >= 11 is 0. The van der Waals surface area contributed by atoms with Gasteiger partial charge >= 0.3 is 6.09 Å². The first-order valence-corrected chi connectivity index (χ1v) is 9.39. The molecule has 0 spiro atoms. The van der Waals surface area contributed by atoms with Gasteiger partial charge in [0.1, 0.15) is 0 Å². The van der Waals surface area contributed by atoms with Crippen LogP contribution in [0.4, 0.5) is 10.7 Å². The van der Waals surface area contributed by atoms with Gasteiger partial charge in [-0.05, 0) is 19.4 Å². The number of rotatable bonds is 5. The lowest BCUT2D eigenvalue weighted by molar-refractivity contribution is 0.0949. The van der Waals surface area contributed by atoms with Crippen LogP contribution >= 0.6 is 0 Å². The molecule has 2 aromatic rings. The van der Waals surface area contributed by atoms with E-state index in [1.165, 1.54) is 18.0 Å². The van der Waals surface area contributed by atoms with Gasteiger partial charge in [-0.25, -0.2) is 14.8 Å². The van der Waals surface area contributed by atoms with Gasteiger partial charge in [0.25, 0.3) is 5.91 Å². The lowest BCUT2D eigenvalue weighted by Crippen LogP contribution is -2.49. The molecule has 0 saturated carbocycles. The van der Waals surface area contributed by atoms with Gasteiger partial charge in [0.05, 0.1) is 12.2 Å². The Balaban J connectivity index is 1.51. The van der Waals surface area contributed by atoms with E-state index in [-0.39, 0.29) is 12.0 Å². The molecule has 3 rings (SSSR count). The molecule has 1 fully saturated rings. The third-order valence-corrected chi connectivity index (χ3v) is 4.56. The zero-order valence-corrected chi connectivity index (χ0v) is 16.2. The Morgan fingerprint density at radius 3 is 2.32 bits per heavy atom. The quantitative estimate of drug-likeness (QED) is 0.850. The average Bonchev–Trinajstić information content (AvgIpc) is 2.73. The molecule has 8 nitrogen and oxygen atoms in total. The first kappa shape index (κ1) is 19.6. The van der Waals surface area contributed by atoms with E-state index in [9.17, 15) is 9.59 Å². The molecule has 148 valence electrons. The second-order valence-electron chi connectivity index (χ2n) is 6.61. The Morgan fingerprint density at radius 2 is 1.71 bits per heavy atom. The van der Waals surface area contributed by atoms with Crippen LogP contribution in [-0.2, 0) is 11.3 Å². The van der Waals surface area contributed by atoms with Crippen LogP contribution in [0.1, 0.15) is 28.4 Å². The maximum Gasteiger partial charge on any atom is 0.409 e. The summed E-state index contributed by atoms with van der Waals surface area (Å²) in [7, 11) is 0. The molecule has 8 heteroatoms. The summed E-state index contributed by atoms with van der Waals surface area (Å²) in [5.74, 6) is 0.345. The number of nitrogens with zero attached hydrogens (tertiary/aromatic N) is 4. The summed E-state index contributed by atoms with van der Waals surface area (Å²) in [5.41, 5.74) is 2.64. The largest absolute Gasteiger partial charge is 0.450 e. The van der Waals surface area contributed by atoms with Crippen molar-refractivity contribution in [3.05, 3.63) is 53.3 Å².